The zero-order valence-corrected chi connectivity index (χ0v) is 9.57. The Morgan fingerprint density at radius 3 is 3.00 bits per heavy atom. The molecule has 1 heterocycles. The Kier molecular flexibility index (Phi) is 3.27. The summed E-state index contributed by atoms with van der Waals surface area (Å²) in [6, 6.07) is 4.27. The van der Waals surface area contributed by atoms with E-state index in [4.69, 9.17) is 5.73 Å². The normalized spacial score (nSPS) is 12.4. The number of H-pyrrole nitrogens is 1. The second-order valence-corrected chi connectivity index (χ2v) is 3.81. The predicted octanol–water partition coefficient (Wildman–Crippen LogP) is 2.69. The minimum Gasteiger partial charge on any atom is -0.397 e. The monoisotopic (exact) mass is 234 g/mol. The van der Waals surface area contributed by atoms with E-state index in [-0.39, 0.29) is 11.9 Å². The largest absolute Gasteiger partial charge is 0.397 e. The van der Waals surface area contributed by atoms with Gasteiger partial charge in [0, 0.05) is 12.4 Å². The minimum atomic E-state index is -0.309. The highest BCUT2D eigenvalue weighted by Crippen LogP contribution is 2.25. The van der Waals surface area contributed by atoms with E-state index in [9.17, 15) is 4.39 Å². The zero-order valence-electron chi connectivity index (χ0n) is 9.57. The summed E-state index contributed by atoms with van der Waals surface area (Å²) in [4.78, 5) is 7.22. The Balaban J connectivity index is 2.21. The molecule has 4 N–H and O–H groups in total. The van der Waals surface area contributed by atoms with Gasteiger partial charge in [0.05, 0.1) is 17.4 Å². The number of hydrogen-bond acceptors (Lipinski definition) is 3. The summed E-state index contributed by atoms with van der Waals surface area (Å²) < 4.78 is 13.1. The summed E-state index contributed by atoms with van der Waals surface area (Å²) in [5.74, 6) is 0.507. The Morgan fingerprint density at radius 1 is 1.53 bits per heavy atom. The summed E-state index contributed by atoms with van der Waals surface area (Å²) >= 11 is 0. The van der Waals surface area contributed by atoms with Gasteiger partial charge in [0.1, 0.15) is 11.6 Å². The van der Waals surface area contributed by atoms with Crippen molar-refractivity contribution in [2.45, 2.75) is 19.4 Å². The first-order valence-electron chi connectivity index (χ1n) is 5.51. The first-order valence-corrected chi connectivity index (χ1v) is 5.51. The van der Waals surface area contributed by atoms with Crippen LogP contribution in [-0.4, -0.2) is 9.97 Å². The van der Waals surface area contributed by atoms with Crippen LogP contribution in [0, 0.1) is 5.82 Å². The third-order valence-corrected chi connectivity index (χ3v) is 2.60. The first kappa shape index (κ1) is 11.4. The summed E-state index contributed by atoms with van der Waals surface area (Å²) in [6.07, 6.45) is 4.27. The summed E-state index contributed by atoms with van der Waals surface area (Å²) in [7, 11) is 0. The number of nitrogen functional groups attached to an aromatic ring is 1. The minimum absolute atomic E-state index is 0.00546. The van der Waals surface area contributed by atoms with Crippen molar-refractivity contribution in [3.8, 4) is 0 Å². The van der Waals surface area contributed by atoms with Crippen molar-refractivity contribution in [3.05, 3.63) is 42.2 Å². The fourth-order valence-electron chi connectivity index (χ4n) is 1.67. The molecule has 0 radical (unpaired) electrons. The molecule has 5 heteroatoms. The van der Waals surface area contributed by atoms with Gasteiger partial charge in [-0.2, -0.15) is 0 Å². The highest BCUT2D eigenvalue weighted by Gasteiger charge is 2.12. The molecule has 1 aromatic carbocycles. The lowest BCUT2D eigenvalue weighted by Crippen LogP contribution is -2.12. The second kappa shape index (κ2) is 4.86. The molecule has 90 valence electrons. The van der Waals surface area contributed by atoms with E-state index >= 15 is 0 Å². The van der Waals surface area contributed by atoms with Crippen LogP contribution in [0.25, 0.3) is 0 Å². The van der Waals surface area contributed by atoms with E-state index in [1.165, 1.54) is 12.1 Å². The lowest BCUT2D eigenvalue weighted by atomic mass is 10.2. The van der Waals surface area contributed by atoms with E-state index < -0.39 is 0 Å². The molecule has 0 amide bonds. The number of nitrogens with two attached hydrogens (primary N) is 1. The van der Waals surface area contributed by atoms with Crippen molar-refractivity contribution in [2.75, 3.05) is 11.1 Å². The maximum atomic E-state index is 13.1. The molecular formula is C12H15FN4. The van der Waals surface area contributed by atoms with Crippen molar-refractivity contribution < 1.29 is 4.39 Å². The Morgan fingerprint density at radius 2 is 2.35 bits per heavy atom. The van der Waals surface area contributed by atoms with E-state index in [0.717, 1.165) is 12.2 Å². The van der Waals surface area contributed by atoms with Gasteiger partial charge in [-0.1, -0.05) is 6.92 Å². The van der Waals surface area contributed by atoms with Gasteiger partial charge in [-0.05, 0) is 24.6 Å². The quantitative estimate of drug-likeness (QED) is 0.712. The average Bonchev–Trinajstić information content (AvgIpc) is 2.84. The maximum Gasteiger partial charge on any atom is 0.128 e. The molecule has 2 aromatic rings. The number of hydrogen-bond donors (Lipinski definition) is 3. The van der Waals surface area contributed by atoms with E-state index in [2.05, 4.69) is 15.3 Å². The van der Waals surface area contributed by atoms with Crippen LogP contribution in [0.1, 0.15) is 25.2 Å². The lowest BCUT2D eigenvalue weighted by molar-refractivity contribution is 0.627. The standard InChI is InChI=1S/C12H15FN4/c1-2-10(12-15-5-6-16-12)17-11-7-8(13)3-4-9(11)14/h3-7,10,17H,2,14H2,1H3,(H,15,16). The molecule has 0 aliphatic heterocycles. The fraction of sp³-hybridized carbons (Fsp3) is 0.250. The summed E-state index contributed by atoms with van der Waals surface area (Å²) in [5.41, 5.74) is 6.90. The molecular weight excluding hydrogens is 219 g/mol. The topological polar surface area (TPSA) is 66.7 Å². The van der Waals surface area contributed by atoms with Gasteiger partial charge < -0.3 is 16.0 Å². The number of aromatic nitrogens is 2. The molecule has 0 spiro atoms. The molecule has 0 bridgehead atoms. The van der Waals surface area contributed by atoms with E-state index in [0.29, 0.717) is 11.4 Å². The van der Waals surface area contributed by atoms with Gasteiger partial charge >= 0.3 is 0 Å². The van der Waals surface area contributed by atoms with Crippen LogP contribution in [-0.2, 0) is 0 Å². The van der Waals surface area contributed by atoms with E-state index in [1.807, 2.05) is 6.92 Å². The predicted molar refractivity (Wildman–Crippen MR) is 66.1 cm³/mol. The van der Waals surface area contributed by atoms with Crippen molar-refractivity contribution in [1.82, 2.24) is 9.97 Å². The number of benzene rings is 1. The smallest absolute Gasteiger partial charge is 0.128 e. The van der Waals surface area contributed by atoms with Crippen molar-refractivity contribution in [2.24, 2.45) is 0 Å². The highest BCUT2D eigenvalue weighted by atomic mass is 19.1. The van der Waals surface area contributed by atoms with Gasteiger partial charge in [0.2, 0.25) is 0 Å². The fourth-order valence-corrected chi connectivity index (χ4v) is 1.67. The molecule has 0 saturated heterocycles. The number of anilines is 2. The number of nitrogens with zero attached hydrogens (tertiary/aromatic N) is 1. The third kappa shape index (κ3) is 2.55. The molecule has 0 saturated carbocycles. The number of halogens is 1. The Bertz CT molecular complexity index is 481. The SMILES string of the molecule is CCC(Nc1cc(F)ccc1N)c1ncc[nH]1. The van der Waals surface area contributed by atoms with E-state index in [1.54, 1.807) is 18.5 Å². The number of imidazole rings is 1. The van der Waals surface area contributed by atoms with Crippen molar-refractivity contribution in [1.29, 1.82) is 0 Å². The molecule has 1 atom stereocenters. The molecule has 0 fully saturated rings. The van der Waals surface area contributed by atoms with Crippen LogP contribution >= 0.6 is 0 Å². The third-order valence-electron chi connectivity index (χ3n) is 2.60. The van der Waals surface area contributed by atoms with Gasteiger partial charge in [-0.3, -0.25) is 0 Å². The first-order chi connectivity index (χ1) is 8.20. The maximum absolute atomic E-state index is 13.1. The van der Waals surface area contributed by atoms with Crippen LogP contribution in [0.15, 0.2) is 30.6 Å². The highest BCUT2D eigenvalue weighted by molar-refractivity contribution is 5.66. The molecule has 1 aromatic heterocycles. The lowest BCUT2D eigenvalue weighted by Gasteiger charge is -2.17. The zero-order chi connectivity index (χ0) is 12.3. The Hall–Kier alpha value is -2.04. The van der Waals surface area contributed by atoms with Crippen LogP contribution in [0.5, 0.6) is 0 Å². The van der Waals surface area contributed by atoms with Gasteiger partial charge in [-0.25, -0.2) is 9.37 Å². The van der Waals surface area contributed by atoms with Crippen molar-refractivity contribution >= 4 is 11.4 Å². The van der Waals surface area contributed by atoms with Crippen LogP contribution < -0.4 is 11.1 Å². The van der Waals surface area contributed by atoms with Gasteiger partial charge in [0.25, 0.3) is 0 Å². The molecule has 0 aliphatic rings. The number of nitrogens with one attached hydrogen (secondary N) is 2. The van der Waals surface area contributed by atoms with Gasteiger partial charge in [-0.15, -0.1) is 0 Å². The molecule has 1 unspecified atom stereocenters. The molecule has 17 heavy (non-hydrogen) atoms. The number of aromatic amines is 1. The number of rotatable bonds is 4. The molecule has 4 nitrogen and oxygen atoms in total. The second-order valence-electron chi connectivity index (χ2n) is 3.81. The molecule has 2 rings (SSSR count). The van der Waals surface area contributed by atoms with Crippen LogP contribution in [0.3, 0.4) is 0 Å². The van der Waals surface area contributed by atoms with Crippen LogP contribution in [0.2, 0.25) is 0 Å². The van der Waals surface area contributed by atoms with Crippen LogP contribution in [0.4, 0.5) is 15.8 Å². The van der Waals surface area contributed by atoms with Gasteiger partial charge in [0.15, 0.2) is 0 Å². The Labute approximate surface area is 99.1 Å². The summed E-state index contributed by atoms with van der Waals surface area (Å²) in [6.45, 7) is 2.02. The molecule has 0 aliphatic carbocycles. The summed E-state index contributed by atoms with van der Waals surface area (Å²) in [5, 5.41) is 3.18. The average molecular weight is 234 g/mol. The van der Waals surface area contributed by atoms with Crippen molar-refractivity contribution in [3.63, 3.8) is 0 Å².